The van der Waals surface area contributed by atoms with Crippen LogP contribution in [0.1, 0.15) is 32.4 Å². The molecule has 1 aliphatic carbocycles. The van der Waals surface area contributed by atoms with Crippen LogP contribution >= 0.6 is 0 Å². The predicted octanol–water partition coefficient (Wildman–Crippen LogP) is 0.713. The number of fused-ring (bicyclic) bond motifs is 1. The maximum Gasteiger partial charge on any atom is 0.250 e. The van der Waals surface area contributed by atoms with Gasteiger partial charge in [0, 0.05) is 25.8 Å². The zero-order valence-electron chi connectivity index (χ0n) is 15.0. The fourth-order valence-corrected chi connectivity index (χ4v) is 4.70. The zero-order chi connectivity index (χ0) is 18.2. The summed E-state index contributed by atoms with van der Waals surface area (Å²) < 4.78 is 18.3. The van der Waals surface area contributed by atoms with Gasteiger partial charge in [0.1, 0.15) is 0 Å². The molecule has 1 aromatic heterocycles. The van der Waals surface area contributed by atoms with Crippen LogP contribution in [0.25, 0.3) is 0 Å². The third-order valence-electron chi connectivity index (χ3n) is 4.70. The maximum atomic E-state index is 12.8. The highest BCUT2D eigenvalue weighted by Crippen LogP contribution is 2.27. The minimum absolute atomic E-state index is 0.0817. The van der Waals surface area contributed by atoms with Crippen molar-refractivity contribution in [3.05, 3.63) is 11.9 Å². The Kier molecular flexibility index (Phi) is 4.97. The highest BCUT2D eigenvalue weighted by molar-refractivity contribution is 7.93. The van der Waals surface area contributed by atoms with Crippen LogP contribution in [0.5, 0.6) is 0 Å². The summed E-state index contributed by atoms with van der Waals surface area (Å²) in [6.07, 6.45) is 5.30. The molecule has 0 bridgehead atoms. The number of amides is 2. The van der Waals surface area contributed by atoms with Gasteiger partial charge in [0.15, 0.2) is 0 Å². The number of hydrogen-bond donors (Lipinski definition) is 0. The second-order valence-corrected chi connectivity index (χ2v) is 8.93. The first kappa shape index (κ1) is 18.1. The number of rotatable bonds is 5. The van der Waals surface area contributed by atoms with Crippen molar-refractivity contribution in [2.75, 3.05) is 25.9 Å². The normalized spacial score (nSPS) is 19.4. The average Bonchev–Trinajstić information content (AvgIpc) is 3.28. The van der Waals surface area contributed by atoms with E-state index in [9.17, 15) is 13.8 Å². The van der Waals surface area contributed by atoms with Crippen molar-refractivity contribution in [1.82, 2.24) is 19.6 Å². The third-order valence-corrected chi connectivity index (χ3v) is 6.47. The quantitative estimate of drug-likeness (QED) is 0.765. The Hall–Kier alpha value is -1.74. The Bertz CT molecular complexity index is 805. The average molecular weight is 367 g/mol. The summed E-state index contributed by atoms with van der Waals surface area (Å²) in [4.78, 5) is 28.4. The highest BCUT2D eigenvalue weighted by atomic mass is 32.2. The molecule has 9 heteroatoms. The van der Waals surface area contributed by atoms with Crippen molar-refractivity contribution >= 4 is 21.5 Å². The largest absolute Gasteiger partial charge is 0.334 e. The second-order valence-electron chi connectivity index (χ2n) is 6.70. The standard InChI is InChI=1S/C16H25N5O3S/c1-4-19(13-5-6-13)11-16(23)20-7-8-21-14(10-20)15(9-17-21)25(3,24)18-12(2)22/h9,13H,4-8,10-11H2,1-3H3. The fraction of sp³-hybridized carbons (Fsp3) is 0.688. The summed E-state index contributed by atoms with van der Waals surface area (Å²) >= 11 is 0. The number of carbonyl (C=O) groups is 2. The van der Waals surface area contributed by atoms with Gasteiger partial charge >= 0.3 is 0 Å². The Balaban J connectivity index is 1.79. The van der Waals surface area contributed by atoms with Crippen LogP contribution in [0.4, 0.5) is 0 Å². The van der Waals surface area contributed by atoms with Crippen molar-refractivity contribution in [1.29, 1.82) is 0 Å². The molecule has 0 spiro atoms. The van der Waals surface area contributed by atoms with Crippen LogP contribution in [0.15, 0.2) is 15.5 Å². The van der Waals surface area contributed by atoms with E-state index in [1.54, 1.807) is 9.58 Å². The van der Waals surface area contributed by atoms with Gasteiger partial charge in [-0.2, -0.15) is 9.46 Å². The Labute approximate surface area is 148 Å². The van der Waals surface area contributed by atoms with E-state index in [0.29, 0.717) is 42.8 Å². The van der Waals surface area contributed by atoms with Gasteiger partial charge in [-0.05, 0) is 19.4 Å². The van der Waals surface area contributed by atoms with Gasteiger partial charge in [0.2, 0.25) is 5.91 Å². The molecule has 1 aliphatic heterocycles. The van der Waals surface area contributed by atoms with Crippen molar-refractivity contribution in [3.8, 4) is 0 Å². The number of aromatic nitrogens is 2. The van der Waals surface area contributed by atoms with Gasteiger partial charge in [0.05, 0.1) is 46.1 Å². The van der Waals surface area contributed by atoms with E-state index in [4.69, 9.17) is 0 Å². The maximum absolute atomic E-state index is 12.8. The Morgan fingerprint density at radius 3 is 2.72 bits per heavy atom. The lowest BCUT2D eigenvalue weighted by Gasteiger charge is -2.30. The molecule has 3 rings (SSSR count). The molecule has 0 aromatic carbocycles. The van der Waals surface area contributed by atoms with E-state index in [1.165, 1.54) is 32.2 Å². The van der Waals surface area contributed by atoms with Gasteiger partial charge in [-0.3, -0.25) is 19.2 Å². The van der Waals surface area contributed by atoms with Crippen LogP contribution in [0.2, 0.25) is 0 Å². The number of nitrogens with zero attached hydrogens (tertiary/aromatic N) is 5. The fourth-order valence-electron chi connectivity index (χ4n) is 3.26. The summed E-state index contributed by atoms with van der Waals surface area (Å²) in [7, 11) is -2.84. The second kappa shape index (κ2) is 6.87. The summed E-state index contributed by atoms with van der Waals surface area (Å²) in [5.41, 5.74) is 0.714. The molecule has 1 unspecified atom stereocenters. The van der Waals surface area contributed by atoms with E-state index < -0.39 is 15.6 Å². The summed E-state index contributed by atoms with van der Waals surface area (Å²) in [5.74, 6) is -0.391. The lowest BCUT2D eigenvalue weighted by molar-refractivity contribution is -0.134. The van der Waals surface area contributed by atoms with Crippen LogP contribution in [0.3, 0.4) is 0 Å². The molecular formula is C16H25N5O3S. The lowest BCUT2D eigenvalue weighted by atomic mass is 10.3. The molecule has 1 saturated carbocycles. The lowest BCUT2D eigenvalue weighted by Crippen LogP contribution is -2.44. The monoisotopic (exact) mass is 367 g/mol. The first-order valence-electron chi connectivity index (χ1n) is 8.61. The smallest absolute Gasteiger partial charge is 0.250 e. The molecule has 138 valence electrons. The SMILES string of the molecule is CCN(CC(=O)N1CCn2ncc(S(C)(=O)=NC(C)=O)c2C1)C1CC1. The number of carbonyl (C=O) groups excluding carboxylic acids is 2. The van der Waals surface area contributed by atoms with Crippen molar-refractivity contribution in [3.63, 3.8) is 0 Å². The molecule has 1 fully saturated rings. The van der Waals surface area contributed by atoms with Gasteiger partial charge in [-0.15, -0.1) is 0 Å². The Morgan fingerprint density at radius 2 is 2.12 bits per heavy atom. The van der Waals surface area contributed by atoms with Crippen molar-refractivity contribution in [2.24, 2.45) is 4.36 Å². The Morgan fingerprint density at radius 1 is 1.40 bits per heavy atom. The molecule has 1 aromatic rings. The van der Waals surface area contributed by atoms with E-state index in [1.807, 2.05) is 0 Å². The predicted molar refractivity (Wildman–Crippen MR) is 93.4 cm³/mol. The summed E-state index contributed by atoms with van der Waals surface area (Å²) in [5, 5.41) is 4.26. The molecule has 1 atom stereocenters. The topological polar surface area (TPSA) is 87.9 Å². The molecular weight excluding hydrogens is 342 g/mol. The van der Waals surface area contributed by atoms with Crippen molar-refractivity contribution in [2.45, 2.75) is 50.7 Å². The minimum Gasteiger partial charge on any atom is -0.334 e. The number of hydrogen-bond acceptors (Lipinski definition) is 5. The third kappa shape index (κ3) is 3.92. The van der Waals surface area contributed by atoms with Crippen LogP contribution in [-0.4, -0.2) is 67.5 Å². The molecule has 8 nitrogen and oxygen atoms in total. The van der Waals surface area contributed by atoms with Gasteiger partial charge < -0.3 is 4.90 Å². The zero-order valence-corrected chi connectivity index (χ0v) is 15.8. The van der Waals surface area contributed by atoms with E-state index in [-0.39, 0.29) is 5.91 Å². The van der Waals surface area contributed by atoms with Crippen LogP contribution in [0, 0.1) is 0 Å². The van der Waals surface area contributed by atoms with Gasteiger partial charge in [0.25, 0.3) is 5.91 Å². The summed E-state index contributed by atoms with van der Waals surface area (Å²) in [6, 6.07) is 0.545. The van der Waals surface area contributed by atoms with Gasteiger partial charge in [-0.1, -0.05) is 6.92 Å². The molecule has 0 N–H and O–H groups in total. The highest BCUT2D eigenvalue weighted by Gasteiger charge is 2.32. The van der Waals surface area contributed by atoms with E-state index in [0.717, 1.165) is 6.54 Å². The summed E-state index contributed by atoms with van der Waals surface area (Å²) in [6.45, 7) is 6.15. The molecule has 2 amide bonds. The first-order chi connectivity index (χ1) is 11.8. The van der Waals surface area contributed by atoms with Crippen LogP contribution in [-0.2, 0) is 32.4 Å². The van der Waals surface area contributed by atoms with Crippen LogP contribution < -0.4 is 0 Å². The molecule has 0 radical (unpaired) electrons. The van der Waals surface area contributed by atoms with Crippen molar-refractivity contribution < 1.29 is 13.8 Å². The van der Waals surface area contributed by atoms with E-state index >= 15 is 0 Å². The molecule has 0 saturated heterocycles. The number of likely N-dealkylation sites (N-methyl/N-ethyl adjacent to an activating group) is 1. The first-order valence-corrected chi connectivity index (χ1v) is 10.5. The van der Waals surface area contributed by atoms with Gasteiger partial charge in [-0.25, -0.2) is 4.21 Å². The molecule has 2 heterocycles. The molecule has 2 aliphatic rings. The minimum atomic E-state index is -2.84. The molecule has 25 heavy (non-hydrogen) atoms. The van der Waals surface area contributed by atoms with E-state index in [2.05, 4.69) is 21.3 Å².